The highest BCUT2D eigenvalue weighted by atomic mass is 19.2. The highest BCUT2D eigenvalue weighted by Gasteiger charge is 2.43. The van der Waals surface area contributed by atoms with Crippen molar-refractivity contribution in [2.75, 3.05) is 11.9 Å². The molecule has 0 bridgehead atoms. The summed E-state index contributed by atoms with van der Waals surface area (Å²) in [4.78, 5) is 25.1. The zero-order chi connectivity index (χ0) is 19.6. The molecule has 0 aromatic heterocycles. The molecular formula is C21H22F2N2O2. The quantitative estimate of drug-likeness (QED) is 0.791. The molecule has 0 spiro atoms. The third-order valence-electron chi connectivity index (χ3n) is 4.73. The Morgan fingerprint density at radius 3 is 2.85 bits per heavy atom. The lowest BCUT2D eigenvalue weighted by Crippen LogP contribution is -2.34. The minimum absolute atomic E-state index is 0.270. The van der Waals surface area contributed by atoms with Gasteiger partial charge >= 0.3 is 0 Å². The van der Waals surface area contributed by atoms with E-state index in [1.165, 1.54) is 12.1 Å². The molecule has 1 aliphatic heterocycles. The van der Waals surface area contributed by atoms with E-state index in [1.807, 2.05) is 18.2 Å². The van der Waals surface area contributed by atoms with Crippen LogP contribution in [0, 0.1) is 29.4 Å². The van der Waals surface area contributed by atoms with Crippen LogP contribution in [0.3, 0.4) is 0 Å². The van der Waals surface area contributed by atoms with E-state index in [9.17, 15) is 18.4 Å². The van der Waals surface area contributed by atoms with E-state index in [0.29, 0.717) is 12.5 Å². The van der Waals surface area contributed by atoms with Gasteiger partial charge in [0.2, 0.25) is 11.8 Å². The molecule has 4 nitrogen and oxygen atoms in total. The lowest BCUT2D eigenvalue weighted by atomic mass is 9.80. The number of hydrogen-bond donors (Lipinski definition) is 2. The van der Waals surface area contributed by atoms with Gasteiger partial charge in [-0.3, -0.25) is 9.59 Å². The predicted molar refractivity (Wildman–Crippen MR) is 99.7 cm³/mol. The lowest BCUT2D eigenvalue weighted by Gasteiger charge is -2.24. The first kappa shape index (κ1) is 19.0. The minimum Gasteiger partial charge on any atom is -0.355 e. The van der Waals surface area contributed by atoms with Crippen LogP contribution in [0.5, 0.6) is 0 Å². The third kappa shape index (κ3) is 3.99. The molecule has 2 amide bonds. The molecule has 2 aliphatic rings. The van der Waals surface area contributed by atoms with E-state index in [0.717, 1.165) is 23.6 Å². The molecule has 2 atom stereocenters. The smallest absolute Gasteiger partial charge is 0.237 e. The maximum atomic E-state index is 13.9. The van der Waals surface area contributed by atoms with E-state index in [4.69, 9.17) is 0 Å². The Labute approximate surface area is 157 Å². The summed E-state index contributed by atoms with van der Waals surface area (Å²) in [5, 5.41) is 5.09. The normalized spacial score (nSPS) is 23.5. The molecular weight excluding hydrogens is 350 g/mol. The first-order valence-corrected chi connectivity index (χ1v) is 8.99. The Balaban J connectivity index is 1.88. The molecule has 1 saturated heterocycles. The molecule has 1 fully saturated rings. The Bertz CT molecular complexity index is 856. The van der Waals surface area contributed by atoms with E-state index in [-0.39, 0.29) is 11.6 Å². The van der Waals surface area contributed by atoms with Crippen molar-refractivity contribution in [3.8, 4) is 0 Å². The summed E-state index contributed by atoms with van der Waals surface area (Å²) in [6.07, 6.45) is 8.72. The summed E-state index contributed by atoms with van der Waals surface area (Å²) >= 11 is 0. The number of carbonyl (C=O) groups is 2. The highest BCUT2D eigenvalue weighted by molar-refractivity contribution is 6.08. The fourth-order valence-electron chi connectivity index (χ4n) is 3.54. The van der Waals surface area contributed by atoms with E-state index >= 15 is 0 Å². The number of rotatable bonds is 4. The summed E-state index contributed by atoms with van der Waals surface area (Å²) < 4.78 is 27.3. The van der Waals surface area contributed by atoms with Gasteiger partial charge in [0.25, 0.3) is 0 Å². The van der Waals surface area contributed by atoms with Gasteiger partial charge in [0, 0.05) is 12.5 Å². The van der Waals surface area contributed by atoms with Crippen molar-refractivity contribution in [1.82, 2.24) is 5.32 Å². The third-order valence-corrected chi connectivity index (χ3v) is 4.73. The minimum atomic E-state index is -1.14. The van der Waals surface area contributed by atoms with Crippen LogP contribution in [-0.2, 0) is 9.59 Å². The van der Waals surface area contributed by atoms with Gasteiger partial charge in [-0.25, -0.2) is 8.78 Å². The number of benzene rings is 1. The number of carbonyl (C=O) groups excluding carboxylic acids is 2. The van der Waals surface area contributed by atoms with Crippen LogP contribution in [0.1, 0.15) is 20.3 Å². The van der Waals surface area contributed by atoms with Crippen molar-refractivity contribution < 1.29 is 18.4 Å². The molecule has 2 N–H and O–H groups in total. The predicted octanol–water partition coefficient (Wildman–Crippen LogP) is 3.73. The molecule has 2 unspecified atom stereocenters. The van der Waals surface area contributed by atoms with Gasteiger partial charge in [-0.05, 0) is 35.6 Å². The van der Waals surface area contributed by atoms with E-state index < -0.39 is 29.4 Å². The van der Waals surface area contributed by atoms with Gasteiger partial charge in [-0.15, -0.1) is 0 Å². The van der Waals surface area contributed by atoms with Crippen LogP contribution in [0.15, 0.2) is 53.6 Å². The summed E-state index contributed by atoms with van der Waals surface area (Å²) in [5.41, 5.74) is 1.75. The monoisotopic (exact) mass is 372 g/mol. The number of nitrogens with one attached hydrogen (secondary N) is 2. The van der Waals surface area contributed by atoms with Crippen molar-refractivity contribution in [1.29, 1.82) is 0 Å². The van der Waals surface area contributed by atoms with Crippen molar-refractivity contribution in [3.63, 3.8) is 0 Å². The fraction of sp³-hybridized carbons (Fsp3) is 0.333. The van der Waals surface area contributed by atoms with Crippen LogP contribution in [-0.4, -0.2) is 18.4 Å². The van der Waals surface area contributed by atoms with E-state index in [1.54, 1.807) is 0 Å². The summed E-state index contributed by atoms with van der Waals surface area (Å²) in [7, 11) is 0. The van der Waals surface area contributed by atoms with Crippen LogP contribution < -0.4 is 10.6 Å². The van der Waals surface area contributed by atoms with Crippen LogP contribution in [0.4, 0.5) is 14.5 Å². The maximum Gasteiger partial charge on any atom is 0.237 e. The van der Waals surface area contributed by atoms with Crippen LogP contribution in [0.25, 0.3) is 0 Å². The molecule has 3 rings (SSSR count). The summed E-state index contributed by atoms with van der Waals surface area (Å²) in [6.45, 7) is 4.47. The Morgan fingerprint density at radius 2 is 2.11 bits per heavy atom. The van der Waals surface area contributed by atoms with Crippen molar-refractivity contribution >= 4 is 17.5 Å². The van der Waals surface area contributed by atoms with Gasteiger partial charge in [0.15, 0.2) is 11.6 Å². The van der Waals surface area contributed by atoms with Gasteiger partial charge in [0.05, 0.1) is 5.69 Å². The summed E-state index contributed by atoms with van der Waals surface area (Å²) in [5.74, 6) is -4.27. The first-order valence-electron chi connectivity index (χ1n) is 8.99. The average molecular weight is 372 g/mol. The Hall–Kier alpha value is -2.76. The van der Waals surface area contributed by atoms with Crippen molar-refractivity contribution in [2.45, 2.75) is 20.3 Å². The molecule has 0 saturated carbocycles. The maximum absolute atomic E-state index is 13.9. The molecule has 142 valence electrons. The Kier molecular flexibility index (Phi) is 5.54. The van der Waals surface area contributed by atoms with Gasteiger partial charge in [-0.2, -0.15) is 0 Å². The fourth-order valence-corrected chi connectivity index (χ4v) is 3.54. The van der Waals surface area contributed by atoms with Crippen LogP contribution >= 0.6 is 0 Å². The van der Waals surface area contributed by atoms with Crippen LogP contribution in [0.2, 0.25) is 0 Å². The van der Waals surface area contributed by atoms with Gasteiger partial charge < -0.3 is 10.6 Å². The molecule has 1 aromatic rings. The Morgan fingerprint density at radius 1 is 1.33 bits per heavy atom. The number of anilines is 1. The zero-order valence-corrected chi connectivity index (χ0v) is 15.3. The van der Waals surface area contributed by atoms with Gasteiger partial charge in [0.1, 0.15) is 5.92 Å². The van der Waals surface area contributed by atoms with Gasteiger partial charge in [-0.1, -0.05) is 44.2 Å². The number of hydrogen-bond acceptors (Lipinski definition) is 2. The van der Waals surface area contributed by atoms with Crippen molar-refractivity contribution in [3.05, 3.63) is 65.3 Å². The number of allylic oxidation sites excluding steroid dienone is 5. The second-order valence-electron chi connectivity index (χ2n) is 7.11. The second kappa shape index (κ2) is 7.86. The molecule has 6 heteroatoms. The topological polar surface area (TPSA) is 58.2 Å². The molecule has 1 heterocycles. The standard InChI is InChI=1S/C21H22F2N2O2/c1-12(2)10-13-6-3-4-7-14(13)15-11-24-20(26)18(15)21(27)25-17-9-5-8-16(22)19(17)23/h3-5,7-10,12,15,18H,6,11H2,1-2H3,(H,24,26)(H,25,27)/b13-10-. The number of amides is 2. The van der Waals surface area contributed by atoms with Crippen molar-refractivity contribution in [2.24, 2.45) is 17.8 Å². The SMILES string of the molecule is CC(C)/C=C1/CC=CC=C1C1CNC(=O)C1C(=O)Nc1cccc(F)c1F. The molecule has 27 heavy (non-hydrogen) atoms. The largest absolute Gasteiger partial charge is 0.355 e. The molecule has 1 aromatic carbocycles. The second-order valence-corrected chi connectivity index (χ2v) is 7.11. The average Bonchev–Trinajstić information content (AvgIpc) is 3.00. The molecule has 1 aliphatic carbocycles. The zero-order valence-electron chi connectivity index (χ0n) is 15.3. The summed E-state index contributed by atoms with van der Waals surface area (Å²) in [6, 6.07) is 3.54. The lowest BCUT2D eigenvalue weighted by molar-refractivity contribution is -0.130. The molecule has 0 radical (unpaired) electrons. The highest BCUT2D eigenvalue weighted by Crippen LogP contribution is 2.35. The van der Waals surface area contributed by atoms with E-state index in [2.05, 4.69) is 30.6 Å². The number of halogens is 2. The first-order chi connectivity index (χ1) is 12.9.